The third-order valence-corrected chi connectivity index (χ3v) is 4.61. The van der Waals surface area contributed by atoms with E-state index in [0.717, 1.165) is 35.5 Å². The fourth-order valence-corrected chi connectivity index (χ4v) is 3.63. The van der Waals surface area contributed by atoms with Crippen molar-refractivity contribution in [2.75, 3.05) is 11.9 Å². The van der Waals surface area contributed by atoms with Crippen LogP contribution in [0.15, 0.2) is 18.2 Å². The molecule has 0 heterocycles. The molecule has 0 saturated heterocycles. The molecule has 17 heavy (non-hydrogen) atoms. The highest BCUT2D eigenvalue weighted by Gasteiger charge is 2.38. The van der Waals surface area contributed by atoms with E-state index in [9.17, 15) is 4.39 Å². The van der Waals surface area contributed by atoms with Gasteiger partial charge in [0.1, 0.15) is 5.82 Å². The van der Waals surface area contributed by atoms with Crippen LogP contribution in [0.5, 0.6) is 0 Å². The zero-order chi connectivity index (χ0) is 11.8. The molecule has 1 aromatic rings. The Morgan fingerprint density at radius 3 is 2.82 bits per heavy atom. The van der Waals surface area contributed by atoms with Crippen molar-refractivity contribution in [2.45, 2.75) is 32.6 Å². The van der Waals surface area contributed by atoms with Gasteiger partial charge in [-0.1, -0.05) is 6.42 Å². The third kappa shape index (κ3) is 2.18. The average Bonchev–Trinajstić information content (AvgIpc) is 2.92. The van der Waals surface area contributed by atoms with Gasteiger partial charge in [0, 0.05) is 12.2 Å². The first-order chi connectivity index (χ1) is 8.22. The quantitative estimate of drug-likeness (QED) is 0.832. The largest absolute Gasteiger partial charge is 0.385 e. The van der Waals surface area contributed by atoms with Crippen molar-refractivity contribution in [3.8, 4) is 0 Å². The standard InChI is InChI=1S/C15H20FN/c1-10-6-14(4-5-15(10)16)17-9-13-8-11-2-3-12(13)7-11/h4-6,11-13,17H,2-3,7-9H2,1H3. The van der Waals surface area contributed by atoms with Crippen molar-refractivity contribution in [3.63, 3.8) is 0 Å². The van der Waals surface area contributed by atoms with Crippen LogP contribution in [0.2, 0.25) is 0 Å². The van der Waals surface area contributed by atoms with Crippen molar-refractivity contribution in [1.82, 2.24) is 0 Å². The Kier molecular flexibility index (Phi) is 2.81. The molecule has 92 valence electrons. The summed E-state index contributed by atoms with van der Waals surface area (Å²) >= 11 is 0. The predicted octanol–water partition coefficient (Wildman–Crippen LogP) is 3.98. The molecule has 2 bridgehead atoms. The first-order valence-electron chi connectivity index (χ1n) is 6.72. The molecule has 2 saturated carbocycles. The summed E-state index contributed by atoms with van der Waals surface area (Å²) in [6.45, 7) is 2.88. The van der Waals surface area contributed by atoms with E-state index in [1.165, 1.54) is 25.7 Å². The van der Waals surface area contributed by atoms with Crippen LogP contribution in [0.3, 0.4) is 0 Å². The van der Waals surface area contributed by atoms with Crippen molar-refractivity contribution >= 4 is 5.69 Å². The SMILES string of the molecule is Cc1cc(NCC2CC3CCC2C3)ccc1F. The smallest absolute Gasteiger partial charge is 0.126 e. The number of anilines is 1. The second-order valence-electron chi connectivity index (χ2n) is 5.78. The molecule has 2 aliphatic rings. The number of benzene rings is 1. The molecule has 0 radical (unpaired) electrons. The summed E-state index contributed by atoms with van der Waals surface area (Å²) in [6, 6.07) is 5.30. The Labute approximate surface area is 102 Å². The van der Waals surface area contributed by atoms with Gasteiger partial charge < -0.3 is 5.32 Å². The molecule has 2 heteroatoms. The van der Waals surface area contributed by atoms with E-state index in [1.807, 2.05) is 19.1 Å². The predicted molar refractivity (Wildman–Crippen MR) is 68.6 cm³/mol. The topological polar surface area (TPSA) is 12.0 Å². The zero-order valence-electron chi connectivity index (χ0n) is 10.4. The van der Waals surface area contributed by atoms with Crippen LogP contribution in [0.1, 0.15) is 31.2 Å². The van der Waals surface area contributed by atoms with Gasteiger partial charge in [-0.2, -0.15) is 0 Å². The van der Waals surface area contributed by atoms with Crippen molar-refractivity contribution < 1.29 is 4.39 Å². The van der Waals surface area contributed by atoms with Crippen LogP contribution in [0.25, 0.3) is 0 Å². The second kappa shape index (κ2) is 4.32. The third-order valence-electron chi connectivity index (χ3n) is 4.61. The zero-order valence-corrected chi connectivity index (χ0v) is 10.4. The van der Waals surface area contributed by atoms with E-state index in [1.54, 1.807) is 6.07 Å². The molecule has 3 atom stereocenters. The fourth-order valence-electron chi connectivity index (χ4n) is 3.63. The molecule has 0 aliphatic heterocycles. The Bertz CT molecular complexity index is 415. The maximum Gasteiger partial charge on any atom is 0.126 e. The number of nitrogens with one attached hydrogen (secondary N) is 1. The highest BCUT2D eigenvalue weighted by atomic mass is 19.1. The first-order valence-corrected chi connectivity index (χ1v) is 6.72. The van der Waals surface area contributed by atoms with Crippen LogP contribution in [-0.4, -0.2) is 6.54 Å². The lowest BCUT2D eigenvalue weighted by Crippen LogP contribution is -2.20. The number of halogens is 1. The summed E-state index contributed by atoms with van der Waals surface area (Å²) in [4.78, 5) is 0. The number of fused-ring (bicyclic) bond motifs is 2. The fraction of sp³-hybridized carbons (Fsp3) is 0.600. The minimum atomic E-state index is -0.115. The molecule has 1 aromatic carbocycles. The highest BCUT2D eigenvalue weighted by Crippen LogP contribution is 2.48. The normalized spacial score (nSPS) is 30.8. The first kappa shape index (κ1) is 11.1. The van der Waals surface area contributed by atoms with Gasteiger partial charge in [-0.25, -0.2) is 4.39 Å². The lowest BCUT2D eigenvalue weighted by molar-refractivity contribution is 0.348. The average molecular weight is 233 g/mol. The minimum Gasteiger partial charge on any atom is -0.385 e. The van der Waals surface area contributed by atoms with Crippen molar-refractivity contribution in [3.05, 3.63) is 29.6 Å². The lowest BCUT2D eigenvalue weighted by atomic mass is 9.89. The Hall–Kier alpha value is -1.05. The molecule has 3 unspecified atom stereocenters. The lowest BCUT2D eigenvalue weighted by Gasteiger charge is -2.22. The van der Waals surface area contributed by atoms with Crippen LogP contribution in [-0.2, 0) is 0 Å². The van der Waals surface area contributed by atoms with Crippen LogP contribution < -0.4 is 5.32 Å². The molecule has 0 aromatic heterocycles. The number of hydrogen-bond acceptors (Lipinski definition) is 1. The summed E-state index contributed by atoms with van der Waals surface area (Å²) in [7, 11) is 0. The van der Waals surface area contributed by atoms with Crippen LogP contribution >= 0.6 is 0 Å². The van der Waals surface area contributed by atoms with Crippen LogP contribution in [0, 0.1) is 30.5 Å². The van der Waals surface area contributed by atoms with Crippen LogP contribution in [0.4, 0.5) is 10.1 Å². The van der Waals surface area contributed by atoms with E-state index in [0.29, 0.717) is 0 Å². The van der Waals surface area contributed by atoms with E-state index in [-0.39, 0.29) is 5.82 Å². The van der Waals surface area contributed by atoms with Gasteiger partial charge in [-0.05, 0) is 67.7 Å². The van der Waals surface area contributed by atoms with Crippen molar-refractivity contribution in [1.29, 1.82) is 0 Å². The number of aryl methyl sites for hydroxylation is 1. The number of rotatable bonds is 3. The Morgan fingerprint density at radius 1 is 1.29 bits per heavy atom. The van der Waals surface area contributed by atoms with E-state index in [2.05, 4.69) is 5.32 Å². The van der Waals surface area contributed by atoms with Gasteiger partial charge in [-0.15, -0.1) is 0 Å². The molecule has 1 nitrogen and oxygen atoms in total. The summed E-state index contributed by atoms with van der Waals surface area (Å²) < 4.78 is 13.1. The molecule has 1 N–H and O–H groups in total. The molecular formula is C15H20FN. The van der Waals surface area contributed by atoms with Gasteiger partial charge in [0.25, 0.3) is 0 Å². The second-order valence-corrected chi connectivity index (χ2v) is 5.78. The van der Waals surface area contributed by atoms with E-state index in [4.69, 9.17) is 0 Å². The Morgan fingerprint density at radius 2 is 2.18 bits per heavy atom. The maximum absolute atomic E-state index is 13.1. The molecule has 0 spiro atoms. The van der Waals surface area contributed by atoms with Gasteiger partial charge >= 0.3 is 0 Å². The molecule has 0 amide bonds. The molecule has 2 fully saturated rings. The van der Waals surface area contributed by atoms with Gasteiger partial charge in [0.05, 0.1) is 0 Å². The number of hydrogen-bond donors (Lipinski definition) is 1. The van der Waals surface area contributed by atoms with E-state index < -0.39 is 0 Å². The minimum absolute atomic E-state index is 0.115. The van der Waals surface area contributed by atoms with Gasteiger partial charge in [0.2, 0.25) is 0 Å². The van der Waals surface area contributed by atoms with Crippen molar-refractivity contribution in [2.24, 2.45) is 17.8 Å². The maximum atomic E-state index is 13.1. The molecular weight excluding hydrogens is 213 g/mol. The van der Waals surface area contributed by atoms with Gasteiger partial charge in [-0.3, -0.25) is 0 Å². The molecule has 3 rings (SSSR count). The monoisotopic (exact) mass is 233 g/mol. The van der Waals surface area contributed by atoms with Gasteiger partial charge in [0.15, 0.2) is 0 Å². The molecule has 2 aliphatic carbocycles. The van der Waals surface area contributed by atoms with E-state index >= 15 is 0 Å². The summed E-state index contributed by atoms with van der Waals surface area (Å²) in [5, 5.41) is 3.47. The highest BCUT2D eigenvalue weighted by molar-refractivity contribution is 5.45. The Balaban J connectivity index is 1.59. The summed E-state index contributed by atoms with van der Waals surface area (Å²) in [6.07, 6.45) is 5.74. The summed E-state index contributed by atoms with van der Waals surface area (Å²) in [5.74, 6) is 2.69. The summed E-state index contributed by atoms with van der Waals surface area (Å²) in [5.41, 5.74) is 1.79.